The molecule has 1 amide bonds. The van der Waals surface area contributed by atoms with Gasteiger partial charge in [0.15, 0.2) is 0 Å². The summed E-state index contributed by atoms with van der Waals surface area (Å²) in [5.41, 5.74) is 0. The second-order valence-electron chi connectivity index (χ2n) is 4.38. The zero-order chi connectivity index (χ0) is 13.7. The minimum Gasteiger partial charge on any atom is -0.478 e. The number of carbonyl (C=O) groups excluding carboxylic acids is 1. The van der Waals surface area contributed by atoms with Crippen LogP contribution in [0.15, 0.2) is 18.2 Å². The fourth-order valence-corrected chi connectivity index (χ4v) is 1.98. The van der Waals surface area contributed by atoms with Crippen molar-refractivity contribution in [2.45, 2.75) is 26.8 Å². The highest BCUT2D eigenvalue weighted by Gasteiger charge is 2.13. The van der Waals surface area contributed by atoms with E-state index in [1.165, 1.54) is 17.4 Å². The highest BCUT2D eigenvalue weighted by molar-refractivity contribution is 7.14. The summed E-state index contributed by atoms with van der Waals surface area (Å²) in [6.45, 7) is 6.04. The molecular formula is C13H17NO3S. The molecule has 1 rings (SSSR count). The van der Waals surface area contributed by atoms with Crippen molar-refractivity contribution in [3.05, 3.63) is 28.0 Å². The van der Waals surface area contributed by atoms with Crippen LogP contribution in [0.25, 0.3) is 6.08 Å². The first-order valence-electron chi connectivity index (χ1n) is 5.72. The maximum Gasteiger partial charge on any atom is 0.328 e. The minimum absolute atomic E-state index is 0.109. The summed E-state index contributed by atoms with van der Waals surface area (Å²) >= 11 is 1.27. The molecule has 5 heteroatoms. The molecule has 0 radical (unpaired) electrons. The zero-order valence-corrected chi connectivity index (χ0v) is 11.5. The zero-order valence-electron chi connectivity index (χ0n) is 10.6. The molecule has 0 bridgehead atoms. The van der Waals surface area contributed by atoms with Gasteiger partial charge in [-0.1, -0.05) is 13.8 Å². The van der Waals surface area contributed by atoms with Crippen molar-refractivity contribution in [1.82, 2.24) is 5.32 Å². The van der Waals surface area contributed by atoms with Crippen LogP contribution in [0.2, 0.25) is 0 Å². The lowest BCUT2D eigenvalue weighted by Crippen LogP contribution is -2.35. The molecule has 18 heavy (non-hydrogen) atoms. The van der Waals surface area contributed by atoms with Crippen molar-refractivity contribution in [1.29, 1.82) is 0 Å². The molecule has 0 aromatic carbocycles. The topological polar surface area (TPSA) is 66.4 Å². The summed E-state index contributed by atoms with van der Waals surface area (Å²) in [4.78, 5) is 23.6. The molecule has 1 heterocycles. The van der Waals surface area contributed by atoms with E-state index >= 15 is 0 Å². The number of amides is 1. The molecule has 1 unspecified atom stereocenters. The van der Waals surface area contributed by atoms with Gasteiger partial charge in [-0.2, -0.15) is 0 Å². The summed E-state index contributed by atoms with van der Waals surface area (Å²) in [5.74, 6) is -0.737. The van der Waals surface area contributed by atoms with E-state index in [2.05, 4.69) is 5.32 Å². The molecule has 0 saturated carbocycles. The number of carbonyl (C=O) groups is 2. The van der Waals surface area contributed by atoms with Crippen LogP contribution in [0, 0.1) is 5.92 Å². The van der Waals surface area contributed by atoms with Crippen LogP contribution in [0.3, 0.4) is 0 Å². The first kappa shape index (κ1) is 14.4. The van der Waals surface area contributed by atoms with Crippen LogP contribution in [0.1, 0.15) is 35.3 Å². The summed E-state index contributed by atoms with van der Waals surface area (Å²) in [6.07, 6.45) is 2.54. The van der Waals surface area contributed by atoms with E-state index in [0.29, 0.717) is 10.8 Å². The highest BCUT2D eigenvalue weighted by Crippen LogP contribution is 2.18. The van der Waals surface area contributed by atoms with Gasteiger partial charge < -0.3 is 10.4 Å². The Morgan fingerprint density at radius 3 is 2.56 bits per heavy atom. The van der Waals surface area contributed by atoms with Gasteiger partial charge in [0.05, 0.1) is 4.88 Å². The van der Waals surface area contributed by atoms with Crippen molar-refractivity contribution in [2.75, 3.05) is 0 Å². The van der Waals surface area contributed by atoms with Gasteiger partial charge in [0.25, 0.3) is 5.91 Å². The molecule has 1 atom stereocenters. The van der Waals surface area contributed by atoms with Gasteiger partial charge >= 0.3 is 5.97 Å². The number of hydrogen-bond acceptors (Lipinski definition) is 3. The van der Waals surface area contributed by atoms with Gasteiger partial charge in [-0.15, -0.1) is 11.3 Å². The van der Waals surface area contributed by atoms with Crippen LogP contribution in [0.4, 0.5) is 0 Å². The molecule has 1 aromatic rings. The normalized spacial score (nSPS) is 12.9. The predicted molar refractivity (Wildman–Crippen MR) is 72.8 cm³/mol. The Bertz CT molecular complexity index is 463. The molecule has 0 spiro atoms. The molecule has 0 fully saturated rings. The van der Waals surface area contributed by atoms with Gasteiger partial charge in [-0.3, -0.25) is 4.79 Å². The number of thiophene rings is 1. The largest absolute Gasteiger partial charge is 0.478 e. The second kappa shape index (κ2) is 6.35. The van der Waals surface area contributed by atoms with E-state index in [9.17, 15) is 9.59 Å². The van der Waals surface area contributed by atoms with E-state index in [1.807, 2.05) is 20.8 Å². The Labute approximate surface area is 110 Å². The third kappa shape index (κ3) is 4.33. The summed E-state index contributed by atoms with van der Waals surface area (Å²) in [7, 11) is 0. The fraction of sp³-hybridized carbons (Fsp3) is 0.385. The van der Waals surface area contributed by atoms with Gasteiger partial charge in [0.1, 0.15) is 0 Å². The van der Waals surface area contributed by atoms with Crippen LogP contribution in [-0.2, 0) is 4.79 Å². The number of hydrogen-bond donors (Lipinski definition) is 2. The van der Waals surface area contributed by atoms with E-state index in [1.54, 1.807) is 12.1 Å². The van der Waals surface area contributed by atoms with Crippen LogP contribution in [-0.4, -0.2) is 23.0 Å². The molecule has 4 nitrogen and oxygen atoms in total. The minimum atomic E-state index is -0.997. The second-order valence-corrected chi connectivity index (χ2v) is 5.50. The molecule has 0 aliphatic carbocycles. The Kier molecular flexibility index (Phi) is 5.09. The van der Waals surface area contributed by atoms with Gasteiger partial charge in [-0.05, 0) is 31.1 Å². The first-order valence-corrected chi connectivity index (χ1v) is 6.53. The molecule has 98 valence electrons. The average molecular weight is 267 g/mol. The molecule has 2 N–H and O–H groups in total. The van der Waals surface area contributed by atoms with Gasteiger partial charge in [0.2, 0.25) is 0 Å². The van der Waals surface area contributed by atoms with E-state index in [4.69, 9.17) is 5.11 Å². The smallest absolute Gasteiger partial charge is 0.328 e. The lowest BCUT2D eigenvalue weighted by molar-refractivity contribution is -0.131. The number of carboxylic acids is 1. The summed E-state index contributed by atoms with van der Waals surface area (Å²) in [5, 5.41) is 11.4. The molecule has 0 aliphatic rings. The Hall–Kier alpha value is -1.62. The molecule has 1 aromatic heterocycles. The molecule has 0 aliphatic heterocycles. The maximum atomic E-state index is 11.9. The Morgan fingerprint density at radius 2 is 2.00 bits per heavy atom. The van der Waals surface area contributed by atoms with Crippen molar-refractivity contribution in [2.24, 2.45) is 5.92 Å². The first-order chi connectivity index (χ1) is 8.40. The standard InChI is InChI=1S/C13H17NO3S/c1-8(2)9(3)14-13(17)11-6-4-10(18-11)5-7-12(15)16/h4-9H,1-3H3,(H,14,17)(H,15,16). The predicted octanol–water partition coefficient (Wildman–Crippen LogP) is 2.62. The van der Waals surface area contributed by atoms with Crippen LogP contribution in [0.5, 0.6) is 0 Å². The summed E-state index contributed by atoms with van der Waals surface area (Å²) < 4.78 is 0. The third-order valence-corrected chi connectivity index (χ3v) is 3.65. The lowest BCUT2D eigenvalue weighted by Gasteiger charge is -2.16. The average Bonchev–Trinajstić information content (AvgIpc) is 2.74. The Balaban J connectivity index is 2.68. The summed E-state index contributed by atoms with van der Waals surface area (Å²) in [6, 6.07) is 3.55. The van der Waals surface area contributed by atoms with Crippen LogP contribution >= 0.6 is 11.3 Å². The number of aliphatic carboxylic acids is 1. The number of carboxylic acid groups (broad SMARTS) is 1. The highest BCUT2D eigenvalue weighted by atomic mass is 32.1. The van der Waals surface area contributed by atoms with Crippen molar-refractivity contribution in [3.8, 4) is 0 Å². The van der Waals surface area contributed by atoms with Crippen molar-refractivity contribution in [3.63, 3.8) is 0 Å². The lowest BCUT2D eigenvalue weighted by atomic mass is 10.1. The fourth-order valence-electron chi connectivity index (χ4n) is 1.16. The monoisotopic (exact) mass is 267 g/mol. The van der Waals surface area contributed by atoms with E-state index in [-0.39, 0.29) is 11.9 Å². The van der Waals surface area contributed by atoms with E-state index in [0.717, 1.165) is 11.0 Å². The number of nitrogens with one attached hydrogen (secondary N) is 1. The SMILES string of the molecule is CC(C)C(C)NC(=O)c1ccc(C=CC(=O)O)s1. The quantitative estimate of drug-likeness (QED) is 0.806. The Morgan fingerprint density at radius 1 is 1.33 bits per heavy atom. The van der Waals surface area contributed by atoms with Gasteiger partial charge in [0, 0.05) is 17.0 Å². The van der Waals surface area contributed by atoms with Crippen molar-refractivity contribution >= 4 is 29.3 Å². The van der Waals surface area contributed by atoms with Crippen LogP contribution < -0.4 is 5.32 Å². The van der Waals surface area contributed by atoms with Gasteiger partial charge in [-0.25, -0.2) is 4.79 Å². The van der Waals surface area contributed by atoms with Crippen molar-refractivity contribution < 1.29 is 14.7 Å². The maximum absolute atomic E-state index is 11.9. The molecule has 0 saturated heterocycles. The number of rotatable bonds is 5. The third-order valence-electron chi connectivity index (χ3n) is 2.60. The molecular weight excluding hydrogens is 250 g/mol. The van der Waals surface area contributed by atoms with E-state index < -0.39 is 5.97 Å².